The van der Waals surface area contributed by atoms with Crippen molar-refractivity contribution in [3.8, 4) is 0 Å². The first-order valence-electron chi connectivity index (χ1n) is 9.79. The lowest BCUT2D eigenvalue weighted by Gasteiger charge is -2.45. The molecule has 1 saturated heterocycles. The minimum atomic E-state index is -4.64. The van der Waals surface area contributed by atoms with E-state index in [2.05, 4.69) is 9.97 Å². The topological polar surface area (TPSA) is 58.6 Å². The molecule has 1 unspecified atom stereocenters. The Balaban J connectivity index is 2.05. The van der Waals surface area contributed by atoms with E-state index >= 15 is 0 Å². The maximum absolute atomic E-state index is 13.6. The zero-order chi connectivity index (χ0) is 24.2. The number of rotatable bonds is 1. The fourth-order valence-electron chi connectivity index (χ4n) is 3.78. The molecule has 176 valence electrons. The number of alkyl halides is 3. The van der Waals surface area contributed by atoms with Crippen molar-refractivity contribution in [2.75, 3.05) is 18.0 Å². The van der Waals surface area contributed by atoms with Gasteiger partial charge in [0.05, 0.1) is 31.8 Å². The Morgan fingerprint density at radius 3 is 2.22 bits per heavy atom. The second kappa shape index (κ2) is 8.83. The Labute approximate surface area is 207 Å². The van der Waals surface area contributed by atoms with Crippen molar-refractivity contribution >= 4 is 68.6 Å². The van der Waals surface area contributed by atoms with E-state index in [4.69, 9.17) is 27.9 Å². The molecule has 0 bridgehead atoms. The van der Waals surface area contributed by atoms with Gasteiger partial charge in [-0.25, -0.2) is 9.78 Å². The van der Waals surface area contributed by atoms with Gasteiger partial charge < -0.3 is 9.64 Å². The van der Waals surface area contributed by atoms with Crippen LogP contribution < -0.4 is 4.90 Å². The first-order chi connectivity index (χ1) is 14.6. The van der Waals surface area contributed by atoms with E-state index in [0.717, 1.165) is 6.07 Å². The molecule has 0 saturated carbocycles. The normalized spacial score (nSPS) is 20.1. The number of anilines is 1. The highest BCUT2D eigenvalue weighted by molar-refractivity contribution is 14.1. The summed E-state index contributed by atoms with van der Waals surface area (Å²) >= 11 is 13.9. The van der Waals surface area contributed by atoms with E-state index in [-0.39, 0.29) is 37.7 Å². The molecule has 1 amide bonds. The van der Waals surface area contributed by atoms with Gasteiger partial charge >= 0.3 is 12.3 Å². The predicted molar refractivity (Wildman–Crippen MR) is 126 cm³/mol. The predicted octanol–water partition coefficient (Wildman–Crippen LogP) is 6.39. The number of nitrogens with zero attached hydrogens (tertiary/aromatic N) is 4. The molecule has 0 aliphatic carbocycles. The second-order valence-corrected chi connectivity index (χ2v) is 10.5. The maximum atomic E-state index is 13.6. The van der Waals surface area contributed by atoms with Crippen molar-refractivity contribution in [3.63, 3.8) is 0 Å². The van der Waals surface area contributed by atoms with Gasteiger partial charge in [0.25, 0.3) is 0 Å². The first kappa shape index (κ1) is 25.4. The van der Waals surface area contributed by atoms with Crippen molar-refractivity contribution in [2.45, 2.75) is 58.5 Å². The van der Waals surface area contributed by atoms with Gasteiger partial charge in [-0.3, -0.25) is 4.90 Å². The zero-order valence-corrected chi connectivity index (χ0v) is 21.7. The fraction of sp³-hybridized carbons (Fsp3) is 0.550. The van der Waals surface area contributed by atoms with Crippen LogP contribution in [0.5, 0.6) is 0 Å². The lowest BCUT2D eigenvalue weighted by atomic mass is 10.1. The Bertz CT molecular complexity index is 1050. The van der Waals surface area contributed by atoms with Crippen LogP contribution in [0.4, 0.5) is 23.8 Å². The fourth-order valence-corrected chi connectivity index (χ4v) is 4.90. The Kier molecular flexibility index (Phi) is 6.99. The van der Waals surface area contributed by atoms with Crippen molar-refractivity contribution < 1.29 is 22.7 Å². The first-order valence-corrected chi connectivity index (χ1v) is 11.6. The molecular formula is C20H22Cl2F3IN4O2. The standard InChI is InChI=1S/C20H22Cl2F3IN4O2/c1-9-7-29(8-10(2)30(9)18(31)32-19(3,4)5)16-11-6-12(20(23,24)25)13(21)14(26)15(11)27-17(22)28-16/h6,9-10H,7-8H2,1-5H3/t9-,10?/m1/s1. The molecular weight excluding hydrogens is 583 g/mol. The molecule has 2 atom stereocenters. The smallest absolute Gasteiger partial charge is 0.417 e. The largest absolute Gasteiger partial charge is 0.444 e. The lowest BCUT2D eigenvalue weighted by molar-refractivity contribution is -0.137. The van der Waals surface area contributed by atoms with E-state index < -0.39 is 28.5 Å². The van der Waals surface area contributed by atoms with Crippen LogP contribution in [0.3, 0.4) is 0 Å². The molecule has 1 aromatic carbocycles. The number of hydrogen-bond donors (Lipinski definition) is 0. The molecule has 1 fully saturated rings. The summed E-state index contributed by atoms with van der Waals surface area (Å²) in [5.74, 6) is 0.266. The number of piperazine rings is 1. The highest BCUT2D eigenvalue weighted by Crippen LogP contribution is 2.42. The third-order valence-corrected chi connectivity index (χ3v) is 6.88. The SMILES string of the molecule is CC1CN(c2nc(Cl)nc3c(I)c(Cl)c(C(F)(F)F)cc23)C[C@@H](C)N1C(=O)OC(C)(C)C. The number of halogens is 6. The van der Waals surface area contributed by atoms with Crippen LogP contribution in [0.1, 0.15) is 40.2 Å². The third kappa shape index (κ3) is 5.11. The Morgan fingerprint density at radius 2 is 1.72 bits per heavy atom. The average molecular weight is 605 g/mol. The van der Waals surface area contributed by atoms with Gasteiger partial charge in [0.1, 0.15) is 11.4 Å². The van der Waals surface area contributed by atoms with Crippen molar-refractivity contribution in [1.82, 2.24) is 14.9 Å². The highest BCUT2D eigenvalue weighted by atomic mass is 127. The third-order valence-electron chi connectivity index (χ3n) is 4.95. The van der Waals surface area contributed by atoms with Gasteiger partial charge in [-0.2, -0.15) is 18.2 Å². The minimum Gasteiger partial charge on any atom is -0.444 e. The number of ether oxygens (including phenoxy) is 1. The summed E-state index contributed by atoms with van der Waals surface area (Å²) in [5, 5.41) is -0.334. The van der Waals surface area contributed by atoms with Crippen LogP contribution in [0.2, 0.25) is 10.3 Å². The van der Waals surface area contributed by atoms with Crippen molar-refractivity contribution in [2.24, 2.45) is 0 Å². The zero-order valence-electron chi connectivity index (χ0n) is 18.0. The van der Waals surface area contributed by atoms with Gasteiger partial charge in [0.15, 0.2) is 0 Å². The van der Waals surface area contributed by atoms with Crippen LogP contribution in [0.15, 0.2) is 6.07 Å². The van der Waals surface area contributed by atoms with Gasteiger partial charge in [-0.1, -0.05) is 11.6 Å². The molecule has 32 heavy (non-hydrogen) atoms. The molecule has 6 nitrogen and oxygen atoms in total. The monoisotopic (exact) mass is 604 g/mol. The molecule has 2 aromatic rings. The minimum absolute atomic E-state index is 0.101. The highest BCUT2D eigenvalue weighted by Gasteiger charge is 2.38. The van der Waals surface area contributed by atoms with Gasteiger partial charge in [0.2, 0.25) is 5.28 Å². The van der Waals surface area contributed by atoms with E-state index in [0.29, 0.717) is 13.1 Å². The van der Waals surface area contributed by atoms with Crippen LogP contribution in [0.25, 0.3) is 10.9 Å². The second-order valence-electron chi connectivity index (χ2n) is 8.75. The number of carbonyl (C=O) groups excluding carboxylic acids is 1. The summed E-state index contributed by atoms with van der Waals surface area (Å²) in [4.78, 5) is 24.5. The van der Waals surface area contributed by atoms with Gasteiger partial charge in [-0.15, -0.1) is 0 Å². The van der Waals surface area contributed by atoms with E-state index in [1.165, 1.54) is 0 Å². The summed E-state index contributed by atoms with van der Waals surface area (Å²) in [7, 11) is 0. The average Bonchev–Trinajstić information content (AvgIpc) is 2.61. The quantitative estimate of drug-likeness (QED) is 0.279. The van der Waals surface area contributed by atoms with E-state index in [9.17, 15) is 18.0 Å². The summed E-state index contributed by atoms with van der Waals surface area (Å²) in [6.45, 7) is 9.71. The van der Waals surface area contributed by atoms with E-state index in [1.807, 2.05) is 18.7 Å². The lowest BCUT2D eigenvalue weighted by Crippen LogP contribution is -2.59. The van der Waals surface area contributed by atoms with Gasteiger partial charge in [0, 0.05) is 18.5 Å². The molecule has 12 heteroatoms. The van der Waals surface area contributed by atoms with Crippen LogP contribution in [0, 0.1) is 3.57 Å². The van der Waals surface area contributed by atoms with E-state index in [1.54, 1.807) is 48.3 Å². The molecule has 3 rings (SSSR count). The Morgan fingerprint density at radius 1 is 1.16 bits per heavy atom. The summed E-state index contributed by atoms with van der Waals surface area (Å²) < 4.78 is 46.4. The summed E-state index contributed by atoms with van der Waals surface area (Å²) in [6, 6.07) is 0.387. The van der Waals surface area contributed by atoms with Crippen molar-refractivity contribution in [1.29, 1.82) is 0 Å². The number of benzene rings is 1. The molecule has 1 aliphatic rings. The molecule has 1 aromatic heterocycles. The summed E-state index contributed by atoms with van der Waals surface area (Å²) in [6.07, 6.45) is -5.08. The van der Waals surface area contributed by atoms with Crippen LogP contribution in [-0.4, -0.2) is 51.7 Å². The Hall–Kier alpha value is -1.27. The molecule has 0 N–H and O–H groups in total. The van der Waals surface area contributed by atoms with Gasteiger partial charge in [-0.05, 0) is 74.9 Å². The number of aromatic nitrogens is 2. The molecule has 0 radical (unpaired) electrons. The number of fused-ring (bicyclic) bond motifs is 1. The van der Waals surface area contributed by atoms with Crippen LogP contribution in [-0.2, 0) is 10.9 Å². The van der Waals surface area contributed by atoms with Crippen molar-refractivity contribution in [3.05, 3.63) is 25.5 Å². The number of hydrogen-bond acceptors (Lipinski definition) is 5. The van der Waals surface area contributed by atoms with Crippen LogP contribution >= 0.6 is 45.8 Å². The maximum Gasteiger partial charge on any atom is 0.417 e. The number of carbonyl (C=O) groups is 1. The molecule has 1 aliphatic heterocycles. The number of amides is 1. The molecule has 0 spiro atoms. The summed E-state index contributed by atoms with van der Waals surface area (Å²) in [5.41, 5.74) is -1.36. The molecule has 2 heterocycles.